The van der Waals surface area contributed by atoms with Gasteiger partial charge >= 0.3 is 0 Å². The van der Waals surface area contributed by atoms with Crippen molar-refractivity contribution in [2.45, 2.75) is 6.92 Å². The number of para-hydroxylation sites is 1. The number of halogens is 1. The number of amides is 1. The molecule has 0 saturated heterocycles. The lowest BCUT2D eigenvalue weighted by Gasteiger charge is -2.08. The van der Waals surface area contributed by atoms with Crippen LogP contribution in [0.2, 0.25) is 0 Å². The molecule has 0 radical (unpaired) electrons. The number of aliphatic imine (C=N–C) groups is 1. The Morgan fingerprint density at radius 3 is 2.58 bits per heavy atom. The Morgan fingerprint density at radius 2 is 2.05 bits per heavy atom. The Hall–Kier alpha value is -1.33. The lowest BCUT2D eigenvalue weighted by molar-refractivity contribution is -0.110. The molecule has 0 saturated carbocycles. The minimum atomic E-state index is -0.272. The maximum atomic E-state index is 12.2. The number of carbonyl (C=O) groups excluding carboxylic acids is 1. The predicted octanol–water partition coefficient (Wildman–Crippen LogP) is 4.20. The number of rotatable bonds is 5. The molecule has 1 amide bonds. The Balaban J connectivity index is 2.96. The second-order valence-electron chi connectivity index (χ2n) is 3.52. The molecule has 0 heterocycles. The summed E-state index contributed by atoms with van der Waals surface area (Å²) in [5, 5.41) is 3.38. The van der Waals surface area contributed by atoms with Crippen LogP contribution in [0.4, 0.5) is 5.69 Å². The van der Waals surface area contributed by atoms with Gasteiger partial charge in [0.05, 0.1) is 5.03 Å². The zero-order valence-corrected chi connectivity index (χ0v) is 13.2. The van der Waals surface area contributed by atoms with E-state index in [9.17, 15) is 4.79 Å². The molecule has 0 aromatic heterocycles. The molecule has 0 atom stereocenters. The average Bonchev–Trinajstić information content (AvgIpc) is 2.44. The fraction of sp³-hybridized carbons (Fsp3) is 0.143. The van der Waals surface area contributed by atoms with Crippen LogP contribution in [0.3, 0.4) is 0 Å². The topological polar surface area (TPSA) is 41.5 Å². The Labute approximate surface area is 126 Å². The van der Waals surface area contributed by atoms with Crippen molar-refractivity contribution in [1.82, 2.24) is 0 Å². The third-order valence-electron chi connectivity index (χ3n) is 2.20. The first-order valence-electron chi connectivity index (χ1n) is 5.58. The van der Waals surface area contributed by atoms with Crippen LogP contribution in [-0.4, -0.2) is 17.9 Å². The molecule has 0 unspecified atom stereocenters. The van der Waals surface area contributed by atoms with E-state index in [1.54, 1.807) is 6.08 Å². The average molecular weight is 339 g/mol. The zero-order valence-electron chi connectivity index (χ0n) is 10.8. The standard InChI is InChI=1S/C14H15BrN2OS/c1-4-12(15)13(16-10(2)19-3)14(18)17-11-8-6-5-7-9-11/h4-9H,2H2,1,3H3,(H,17,18)/b12-4+,16-13+. The molecule has 0 aliphatic heterocycles. The normalized spacial score (nSPS) is 12.2. The molecule has 1 rings (SSSR count). The zero-order chi connectivity index (χ0) is 14.3. The number of nitrogens with one attached hydrogen (secondary N) is 1. The van der Waals surface area contributed by atoms with Gasteiger partial charge < -0.3 is 5.32 Å². The molecule has 0 aliphatic rings. The van der Waals surface area contributed by atoms with Crippen LogP contribution in [0.25, 0.3) is 0 Å². The molecule has 5 heteroatoms. The summed E-state index contributed by atoms with van der Waals surface area (Å²) in [7, 11) is 0. The van der Waals surface area contributed by atoms with E-state index >= 15 is 0 Å². The summed E-state index contributed by atoms with van der Waals surface area (Å²) >= 11 is 4.73. The van der Waals surface area contributed by atoms with Crippen LogP contribution in [0, 0.1) is 0 Å². The molecule has 3 nitrogen and oxygen atoms in total. The highest BCUT2D eigenvalue weighted by Gasteiger charge is 2.15. The van der Waals surface area contributed by atoms with Gasteiger partial charge in [-0.05, 0) is 41.2 Å². The molecule has 19 heavy (non-hydrogen) atoms. The summed E-state index contributed by atoms with van der Waals surface area (Å²) in [4.78, 5) is 16.4. The van der Waals surface area contributed by atoms with Gasteiger partial charge in [-0.2, -0.15) is 0 Å². The number of anilines is 1. The molecule has 0 fully saturated rings. The summed E-state index contributed by atoms with van der Waals surface area (Å²) in [6.45, 7) is 5.60. The highest BCUT2D eigenvalue weighted by molar-refractivity contribution is 9.12. The van der Waals surface area contributed by atoms with Gasteiger partial charge in [0.25, 0.3) is 5.91 Å². The number of nitrogens with zero attached hydrogens (tertiary/aromatic N) is 1. The number of hydrogen-bond donors (Lipinski definition) is 1. The van der Waals surface area contributed by atoms with Gasteiger partial charge in [0.1, 0.15) is 5.71 Å². The number of benzene rings is 1. The molecule has 100 valence electrons. The van der Waals surface area contributed by atoms with E-state index in [0.717, 1.165) is 5.69 Å². The molecule has 1 aromatic carbocycles. The second kappa shape index (κ2) is 7.96. The molecule has 1 aromatic rings. The lowest BCUT2D eigenvalue weighted by Crippen LogP contribution is -2.23. The molecule has 1 N–H and O–H groups in total. The van der Waals surface area contributed by atoms with Gasteiger partial charge in [-0.15, -0.1) is 11.8 Å². The van der Waals surface area contributed by atoms with E-state index in [4.69, 9.17) is 0 Å². The van der Waals surface area contributed by atoms with Gasteiger partial charge in [-0.25, -0.2) is 4.99 Å². The molecule has 0 bridgehead atoms. The Kier molecular flexibility index (Phi) is 6.59. The van der Waals surface area contributed by atoms with E-state index in [0.29, 0.717) is 15.2 Å². The Morgan fingerprint density at radius 1 is 1.42 bits per heavy atom. The molecular weight excluding hydrogens is 324 g/mol. The Bertz CT molecular complexity index is 524. The fourth-order valence-electron chi connectivity index (χ4n) is 1.23. The number of thioether (sulfide) groups is 1. The second-order valence-corrected chi connectivity index (χ2v) is 5.25. The first-order valence-corrected chi connectivity index (χ1v) is 7.60. The SMILES string of the molecule is C=C(/N=C(C(=O)Nc1ccccc1)\C(Br)=C/C)SC. The van der Waals surface area contributed by atoms with Gasteiger partial charge in [0, 0.05) is 10.2 Å². The summed E-state index contributed by atoms with van der Waals surface area (Å²) in [5.74, 6) is -0.272. The number of carbonyl (C=O) groups is 1. The minimum Gasteiger partial charge on any atom is -0.321 e. The van der Waals surface area contributed by atoms with Gasteiger partial charge in [-0.1, -0.05) is 30.9 Å². The van der Waals surface area contributed by atoms with Crippen LogP contribution in [0.1, 0.15) is 6.92 Å². The van der Waals surface area contributed by atoms with Crippen LogP contribution in [-0.2, 0) is 4.79 Å². The van der Waals surface area contributed by atoms with Crippen LogP contribution in [0.5, 0.6) is 0 Å². The summed E-state index contributed by atoms with van der Waals surface area (Å²) in [6.07, 6.45) is 3.64. The van der Waals surface area contributed by atoms with Gasteiger partial charge in [-0.3, -0.25) is 4.79 Å². The molecular formula is C14H15BrN2OS. The first-order chi connectivity index (χ1) is 9.08. The van der Waals surface area contributed by atoms with Gasteiger partial charge in [0.2, 0.25) is 0 Å². The first kappa shape index (κ1) is 15.7. The van der Waals surface area contributed by atoms with E-state index in [1.807, 2.05) is 43.5 Å². The number of hydrogen-bond acceptors (Lipinski definition) is 3. The van der Waals surface area contributed by atoms with Crippen molar-refractivity contribution >= 4 is 45.0 Å². The largest absolute Gasteiger partial charge is 0.321 e. The van der Waals surface area contributed by atoms with Gasteiger partial charge in [0.15, 0.2) is 0 Å². The van der Waals surface area contributed by atoms with Crippen molar-refractivity contribution < 1.29 is 4.79 Å². The highest BCUT2D eigenvalue weighted by Crippen LogP contribution is 2.17. The predicted molar refractivity (Wildman–Crippen MR) is 87.8 cm³/mol. The van der Waals surface area contributed by atoms with E-state index in [-0.39, 0.29) is 5.91 Å². The maximum Gasteiger partial charge on any atom is 0.275 e. The van der Waals surface area contributed by atoms with Crippen LogP contribution >= 0.6 is 27.7 Å². The molecule has 0 aliphatic carbocycles. The van der Waals surface area contributed by atoms with Crippen molar-refractivity contribution in [2.24, 2.45) is 4.99 Å². The summed E-state index contributed by atoms with van der Waals surface area (Å²) in [5.41, 5.74) is 1.04. The van der Waals surface area contributed by atoms with Crippen LogP contribution < -0.4 is 5.32 Å². The third-order valence-corrected chi connectivity index (χ3v) is 3.59. The smallest absolute Gasteiger partial charge is 0.275 e. The van der Waals surface area contributed by atoms with Crippen molar-refractivity contribution in [3.63, 3.8) is 0 Å². The summed E-state index contributed by atoms with van der Waals surface area (Å²) in [6, 6.07) is 9.25. The maximum absolute atomic E-state index is 12.2. The number of allylic oxidation sites excluding steroid dienone is 1. The van der Waals surface area contributed by atoms with Crippen molar-refractivity contribution in [1.29, 1.82) is 0 Å². The van der Waals surface area contributed by atoms with E-state index in [2.05, 4.69) is 32.8 Å². The quantitative estimate of drug-likeness (QED) is 0.817. The fourth-order valence-corrected chi connectivity index (χ4v) is 1.68. The van der Waals surface area contributed by atoms with E-state index in [1.165, 1.54) is 11.8 Å². The van der Waals surface area contributed by atoms with E-state index < -0.39 is 0 Å². The highest BCUT2D eigenvalue weighted by atomic mass is 79.9. The summed E-state index contributed by atoms with van der Waals surface area (Å²) < 4.78 is 0.635. The monoisotopic (exact) mass is 338 g/mol. The van der Waals surface area contributed by atoms with Crippen molar-refractivity contribution in [3.05, 3.63) is 52.5 Å². The van der Waals surface area contributed by atoms with Crippen molar-refractivity contribution in [2.75, 3.05) is 11.6 Å². The lowest BCUT2D eigenvalue weighted by atomic mass is 10.2. The van der Waals surface area contributed by atoms with Crippen LogP contribution in [0.15, 0.2) is 57.5 Å². The minimum absolute atomic E-state index is 0.272. The molecule has 0 spiro atoms. The van der Waals surface area contributed by atoms with Crippen molar-refractivity contribution in [3.8, 4) is 0 Å². The third kappa shape index (κ3) is 5.04.